The number of ether oxygens (including phenoxy) is 1. The quantitative estimate of drug-likeness (QED) is 0.810. The molecule has 126 valence electrons. The first kappa shape index (κ1) is 17.3. The van der Waals surface area contributed by atoms with Crippen LogP contribution >= 0.6 is 0 Å². The van der Waals surface area contributed by atoms with Crippen LogP contribution in [0.1, 0.15) is 44.1 Å². The largest absolute Gasteiger partial charge is 0.497 e. The highest BCUT2D eigenvalue weighted by molar-refractivity contribution is 5.79. The van der Waals surface area contributed by atoms with Gasteiger partial charge in [-0.3, -0.25) is 9.59 Å². The van der Waals surface area contributed by atoms with Gasteiger partial charge in [-0.25, -0.2) is 0 Å². The van der Waals surface area contributed by atoms with Crippen molar-refractivity contribution in [3.63, 3.8) is 0 Å². The Morgan fingerprint density at radius 2 is 1.83 bits per heavy atom. The fraction of sp³-hybridized carbons (Fsp3) is 0.556. The number of nitrogens with one attached hydrogen (secondary N) is 1. The zero-order valence-corrected chi connectivity index (χ0v) is 13.6. The van der Waals surface area contributed by atoms with E-state index >= 15 is 0 Å². The van der Waals surface area contributed by atoms with Gasteiger partial charge in [0.2, 0.25) is 5.91 Å². The number of aliphatic carboxylic acids is 1. The van der Waals surface area contributed by atoms with Crippen LogP contribution in [0.15, 0.2) is 24.3 Å². The lowest BCUT2D eigenvalue weighted by molar-refractivity contribution is -0.151. The number of benzene rings is 1. The van der Waals surface area contributed by atoms with E-state index in [1.807, 2.05) is 24.3 Å². The SMILES string of the molecule is COc1ccc(CCC(=O)NCC2(C(=O)O)CCCCC2)cc1. The standard InChI is InChI=1S/C18H25NO4/c1-23-15-8-5-14(6-9-15)7-10-16(20)19-13-18(17(21)22)11-3-2-4-12-18/h5-6,8-9H,2-4,7,10-13H2,1H3,(H,19,20)(H,21,22). The van der Waals surface area contributed by atoms with Gasteiger partial charge in [-0.15, -0.1) is 0 Å². The molecule has 2 rings (SSSR count). The third kappa shape index (κ3) is 4.71. The zero-order chi connectivity index (χ0) is 16.7. The molecule has 0 saturated heterocycles. The molecular formula is C18H25NO4. The molecule has 5 nitrogen and oxygen atoms in total. The molecule has 1 fully saturated rings. The first-order valence-corrected chi connectivity index (χ1v) is 8.19. The van der Waals surface area contributed by atoms with Gasteiger partial charge in [-0.2, -0.15) is 0 Å². The summed E-state index contributed by atoms with van der Waals surface area (Å²) >= 11 is 0. The lowest BCUT2D eigenvalue weighted by Crippen LogP contribution is -2.44. The summed E-state index contributed by atoms with van der Waals surface area (Å²) in [5, 5.41) is 12.3. The minimum absolute atomic E-state index is 0.0907. The van der Waals surface area contributed by atoms with Gasteiger partial charge >= 0.3 is 5.97 Å². The van der Waals surface area contributed by atoms with Crippen LogP contribution in [0.4, 0.5) is 0 Å². The van der Waals surface area contributed by atoms with Crippen LogP contribution in [0, 0.1) is 5.41 Å². The Bertz CT molecular complexity index is 532. The molecule has 1 amide bonds. The van der Waals surface area contributed by atoms with Crippen molar-refractivity contribution >= 4 is 11.9 Å². The molecule has 1 aliphatic rings. The van der Waals surface area contributed by atoms with Crippen molar-refractivity contribution < 1.29 is 19.4 Å². The van der Waals surface area contributed by atoms with Crippen LogP contribution < -0.4 is 10.1 Å². The van der Waals surface area contributed by atoms with E-state index in [1.165, 1.54) is 0 Å². The van der Waals surface area contributed by atoms with Crippen LogP contribution in [0.5, 0.6) is 5.75 Å². The number of amides is 1. The number of carbonyl (C=O) groups excluding carboxylic acids is 1. The Morgan fingerprint density at radius 1 is 1.17 bits per heavy atom. The molecule has 0 atom stereocenters. The summed E-state index contributed by atoms with van der Waals surface area (Å²) in [5.41, 5.74) is 0.292. The van der Waals surface area contributed by atoms with E-state index in [-0.39, 0.29) is 12.5 Å². The van der Waals surface area contributed by atoms with Crippen molar-refractivity contribution in [1.82, 2.24) is 5.32 Å². The number of aryl methyl sites for hydroxylation is 1. The van der Waals surface area contributed by atoms with Crippen molar-refractivity contribution in [3.8, 4) is 5.75 Å². The fourth-order valence-electron chi connectivity index (χ4n) is 3.10. The van der Waals surface area contributed by atoms with Gasteiger partial charge in [-0.05, 0) is 37.0 Å². The Morgan fingerprint density at radius 3 is 2.39 bits per heavy atom. The van der Waals surface area contributed by atoms with Gasteiger partial charge in [0, 0.05) is 13.0 Å². The molecule has 1 saturated carbocycles. The summed E-state index contributed by atoms with van der Waals surface area (Å²) in [6.07, 6.45) is 5.24. The van der Waals surface area contributed by atoms with Crippen molar-refractivity contribution in [2.24, 2.45) is 5.41 Å². The minimum atomic E-state index is -0.785. The maximum atomic E-state index is 12.0. The van der Waals surface area contributed by atoms with Gasteiger partial charge in [0.05, 0.1) is 12.5 Å². The maximum absolute atomic E-state index is 12.0. The third-order valence-electron chi connectivity index (χ3n) is 4.69. The summed E-state index contributed by atoms with van der Waals surface area (Å²) in [4.78, 5) is 23.6. The van der Waals surface area contributed by atoms with E-state index < -0.39 is 11.4 Å². The molecule has 23 heavy (non-hydrogen) atoms. The average Bonchev–Trinajstić information content (AvgIpc) is 2.59. The highest BCUT2D eigenvalue weighted by Gasteiger charge is 2.39. The molecule has 0 radical (unpaired) electrons. The fourth-order valence-corrected chi connectivity index (χ4v) is 3.10. The van der Waals surface area contributed by atoms with Crippen molar-refractivity contribution in [3.05, 3.63) is 29.8 Å². The van der Waals surface area contributed by atoms with E-state index in [2.05, 4.69) is 5.32 Å². The predicted molar refractivity (Wildman–Crippen MR) is 87.5 cm³/mol. The second-order valence-electron chi connectivity index (χ2n) is 6.27. The van der Waals surface area contributed by atoms with Crippen LogP contribution in [0.3, 0.4) is 0 Å². The molecule has 1 aromatic carbocycles. The zero-order valence-electron chi connectivity index (χ0n) is 13.6. The first-order valence-electron chi connectivity index (χ1n) is 8.19. The molecule has 0 aromatic heterocycles. The minimum Gasteiger partial charge on any atom is -0.497 e. The summed E-state index contributed by atoms with van der Waals surface area (Å²) in [6, 6.07) is 7.61. The Hall–Kier alpha value is -2.04. The number of methoxy groups -OCH3 is 1. The molecule has 0 spiro atoms. The summed E-state index contributed by atoms with van der Waals surface area (Å²) in [6.45, 7) is 0.240. The van der Waals surface area contributed by atoms with Gasteiger partial charge in [-0.1, -0.05) is 31.4 Å². The average molecular weight is 319 g/mol. The molecule has 1 aromatic rings. The van der Waals surface area contributed by atoms with Gasteiger partial charge < -0.3 is 15.2 Å². The second kappa shape index (κ2) is 7.99. The number of hydrogen-bond donors (Lipinski definition) is 2. The van der Waals surface area contributed by atoms with Crippen LogP contribution in [0.2, 0.25) is 0 Å². The molecule has 5 heteroatoms. The molecule has 0 unspecified atom stereocenters. The van der Waals surface area contributed by atoms with Crippen LogP contribution in [0.25, 0.3) is 0 Å². The van der Waals surface area contributed by atoms with Crippen LogP contribution in [-0.4, -0.2) is 30.6 Å². The van der Waals surface area contributed by atoms with E-state index in [1.54, 1.807) is 7.11 Å². The monoisotopic (exact) mass is 319 g/mol. The van der Waals surface area contributed by atoms with Gasteiger partial charge in [0.15, 0.2) is 0 Å². The van der Waals surface area contributed by atoms with Crippen LogP contribution in [-0.2, 0) is 16.0 Å². The Labute approximate surface area is 137 Å². The van der Waals surface area contributed by atoms with E-state index in [9.17, 15) is 14.7 Å². The lowest BCUT2D eigenvalue weighted by Gasteiger charge is -2.33. The predicted octanol–water partition coefficient (Wildman–Crippen LogP) is 2.78. The number of rotatable bonds is 7. The number of carboxylic acid groups (broad SMARTS) is 1. The van der Waals surface area contributed by atoms with E-state index in [0.717, 1.165) is 30.6 Å². The summed E-state index contributed by atoms with van der Waals surface area (Å²) < 4.78 is 5.10. The first-order chi connectivity index (χ1) is 11.1. The van der Waals surface area contributed by atoms with Crippen molar-refractivity contribution in [1.29, 1.82) is 0 Å². The topological polar surface area (TPSA) is 75.6 Å². The normalized spacial score (nSPS) is 16.6. The molecular weight excluding hydrogens is 294 g/mol. The smallest absolute Gasteiger partial charge is 0.311 e. The highest BCUT2D eigenvalue weighted by Crippen LogP contribution is 2.36. The number of carboxylic acids is 1. The van der Waals surface area contributed by atoms with E-state index in [4.69, 9.17) is 4.74 Å². The number of carbonyl (C=O) groups is 2. The van der Waals surface area contributed by atoms with Gasteiger partial charge in [0.25, 0.3) is 0 Å². The highest BCUT2D eigenvalue weighted by atomic mass is 16.5. The molecule has 0 aliphatic heterocycles. The van der Waals surface area contributed by atoms with Gasteiger partial charge in [0.1, 0.15) is 5.75 Å². The van der Waals surface area contributed by atoms with E-state index in [0.29, 0.717) is 25.7 Å². The Balaban J connectivity index is 1.80. The second-order valence-corrected chi connectivity index (χ2v) is 6.27. The molecule has 0 bridgehead atoms. The number of hydrogen-bond acceptors (Lipinski definition) is 3. The third-order valence-corrected chi connectivity index (χ3v) is 4.69. The molecule has 0 heterocycles. The molecule has 1 aliphatic carbocycles. The lowest BCUT2D eigenvalue weighted by atomic mass is 9.74. The summed E-state index contributed by atoms with van der Waals surface area (Å²) in [5.74, 6) is -0.0847. The Kier molecular flexibility index (Phi) is 6.02. The van der Waals surface area contributed by atoms with Crippen molar-refractivity contribution in [2.45, 2.75) is 44.9 Å². The van der Waals surface area contributed by atoms with Crippen molar-refractivity contribution in [2.75, 3.05) is 13.7 Å². The maximum Gasteiger partial charge on any atom is 0.311 e. The summed E-state index contributed by atoms with van der Waals surface area (Å²) in [7, 11) is 1.62. The molecule has 2 N–H and O–H groups in total.